The largest absolute Gasteiger partial charge is 0.422 e. The van der Waals surface area contributed by atoms with Crippen molar-refractivity contribution >= 4 is 11.3 Å². The van der Waals surface area contributed by atoms with Crippen molar-refractivity contribution in [3.63, 3.8) is 0 Å². The fourth-order valence-corrected chi connectivity index (χ4v) is 4.73. The molecule has 3 fully saturated rings. The highest BCUT2D eigenvalue weighted by Gasteiger charge is 2.44. The molecular formula is C17H21N3O2S. The maximum Gasteiger partial charge on any atom is 0.245 e. The van der Waals surface area contributed by atoms with Gasteiger partial charge in [-0.25, -0.2) is 0 Å². The molecule has 0 amide bonds. The van der Waals surface area contributed by atoms with Gasteiger partial charge in [0.15, 0.2) is 0 Å². The SMILES string of the molecule is Cc1ccsc1CN1C[C@H]2C[C@H](c3nnc(C4CC4)o3)O[C@H]2C1. The van der Waals surface area contributed by atoms with Gasteiger partial charge >= 0.3 is 0 Å². The van der Waals surface area contributed by atoms with Crippen molar-refractivity contribution in [2.24, 2.45) is 5.92 Å². The first-order valence-corrected chi connectivity index (χ1v) is 9.38. The molecule has 0 aromatic carbocycles. The molecule has 2 saturated heterocycles. The van der Waals surface area contributed by atoms with Gasteiger partial charge < -0.3 is 9.15 Å². The van der Waals surface area contributed by atoms with E-state index in [2.05, 4.69) is 33.5 Å². The Morgan fingerprint density at radius 2 is 2.13 bits per heavy atom. The molecule has 6 heteroatoms. The smallest absolute Gasteiger partial charge is 0.245 e. The lowest BCUT2D eigenvalue weighted by Crippen LogP contribution is -2.23. The van der Waals surface area contributed by atoms with Crippen molar-refractivity contribution < 1.29 is 9.15 Å². The van der Waals surface area contributed by atoms with Crippen LogP contribution in [0.3, 0.4) is 0 Å². The van der Waals surface area contributed by atoms with E-state index in [1.54, 1.807) is 0 Å². The van der Waals surface area contributed by atoms with Crippen molar-refractivity contribution in [3.05, 3.63) is 33.7 Å². The predicted octanol–water partition coefficient (Wildman–Crippen LogP) is 3.28. The molecule has 1 aliphatic carbocycles. The van der Waals surface area contributed by atoms with Crippen LogP contribution in [0.4, 0.5) is 0 Å². The van der Waals surface area contributed by atoms with E-state index in [1.165, 1.54) is 23.3 Å². The first kappa shape index (κ1) is 14.1. The summed E-state index contributed by atoms with van der Waals surface area (Å²) >= 11 is 1.86. The summed E-state index contributed by atoms with van der Waals surface area (Å²) in [5.41, 5.74) is 1.41. The van der Waals surface area contributed by atoms with Crippen LogP contribution in [0.5, 0.6) is 0 Å². The first-order valence-electron chi connectivity index (χ1n) is 8.50. The Balaban J connectivity index is 1.21. The average Bonchev–Trinajstić information content (AvgIpc) is 2.90. The van der Waals surface area contributed by atoms with Crippen LogP contribution in [0.15, 0.2) is 15.9 Å². The number of aryl methyl sites for hydroxylation is 1. The first-order chi connectivity index (χ1) is 11.3. The Bertz CT molecular complexity index is 694. The molecule has 0 spiro atoms. The predicted molar refractivity (Wildman–Crippen MR) is 86.3 cm³/mol. The number of aromatic nitrogens is 2. The summed E-state index contributed by atoms with van der Waals surface area (Å²) in [6.07, 6.45) is 3.72. The maximum absolute atomic E-state index is 6.23. The van der Waals surface area contributed by atoms with E-state index in [0.717, 1.165) is 31.9 Å². The summed E-state index contributed by atoms with van der Waals surface area (Å²) in [7, 11) is 0. The molecule has 2 aromatic rings. The van der Waals surface area contributed by atoms with Crippen LogP contribution >= 0.6 is 11.3 Å². The van der Waals surface area contributed by atoms with Gasteiger partial charge in [0.1, 0.15) is 6.10 Å². The monoisotopic (exact) mass is 331 g/mol. The topological polar surface area (TPSA) is 51.4 Å². The minimum atomic E-state index is 0.00984. The third kappa shape index (κ3) is 2.62. The van der Waals surface area contributed by atoms with E-state index in [0.29, 0.717) is 23.8 Å². The second-order valence-electron chi connectivity index (χ2n) is 7.13. The molecule has 2 aromatic heterocycles. The zero-order valence-corrected chi connectivity index (χ0v) is 14.1. The Labute approximate surface area is 139 Å². The Kier molecular flexibility index (Phi) is 3.32. The second-order valence-corrected chi connectivity index (χ2v) is 8.13. The van der Waals surface area contributed by atoms with E-state index < -0.39 is 0 Å². The average molecular weight is 331 g/mol. The van der Waals surface area contributed by atoms with Gasteiger partial charge in [-0.3, -0.25) is 4.90 Å². The highest BCUT2D eigenvalue weighted by atomic mass is 32.1. The maximum atomic E-state index is 6.23. The van der Waals surface area contributed by atoms with Crippen molar-refractivity contribution in [2.45, 2.75) is 50.9 Å². The fourth-order valence-electron chi connectivity index (χ4n) is 3.78. The molecule has 4 heterocycles. The van der Waals surface area contributed by atoms with Crippen LogP contribution in [0.2, 0.25) is 0 Å². The second kappa shape index (κ2) is 5.40. The van der Waals surface area contributed by atoms with E-state index >= 15 is 0 Å². The molecule has 1 saturated carbocycles. The molecule has 122 valence electrons. The standard InChI is InChI=1S/C17H21N3O2S/c1-10-4-5-23-15(10)9-20-7-12-6-13(21-14(12)8-20)17-19-18-16(22-17)11-2-3-11/h4-5,11-14H,2-3,6-9H2,1H3/t12-,13-,14+/m1/s1. The third-order valence-electron chi connectivity index (χ3n) is 5.31. The highest BCUT2D eigenvalue weighted by molar-refractivity contribution is 7.10. The van der Waals surface area contributed by atoms with Gasteiger partial charge in [0, 0.05) is 36.3 Å². The van der Waals surface area contributed by atoms with E-state index in [1.807, 2.05) is 11.3 Å². The summed E-state index contributed by atoms with van der Waals surface area (Å²) in [4.78, 5) is 4.00. The minimum absolute atomic E-state index is 0.00984. The summed E-state index contributed by atoms with van der Waals surface area (Å²) in [6, 6.07) is 2.20. The van der Waals surface area contributed by atoms with Gasteiger partial charge in [0.05, 0.1) is 6.10 Å². The number of thiophene rings is 1. The number of rotatable bonds is 4. The lowest BCUT2D eigenvalue weighted by atomic mass is 10.0. The molecule has 23 heavy (non-hydrogen) atoms. The minimum Gasteiger partial charge on any atom is -0.422 e. The van der Waals surface area contributed by atoms with Crippen molar-refractivity contribution in [3.8, 4) is 0 Å². The van der Waals surface area contributed by atoms with Crippen LogP contribution in [0.25, 0.3) is 0 Å². The number of ether oxygens (including phenoxy) is 1. The molecule has 3 atom stereocenters. The van der Waals surface area contributed by atoms with Gasteiger partial charge in [-0.05, 0) is 43.2 Å². The van der Waals surface area contributed by atoms with Crippen molar-refractivity contribution in [1.29, 1.82) is 0 Å². The number of likely N-dealkylation sites (tertiary alicyclic amines) is 1. The molecule has 0 N–H and O–H groups in total. The highest BCUT2D eigenvalue weighted by Crippen LogP contribution is 2.43. The zero-order valence-electron chi connectivity index (χ0n) is 13.3. The Morgan fingerprint density at radius 3 is 2.87 bits per heavy atom. The lowest BCUT2D eigenvalue weighted by Gasteiger charge is -2.17. The summed E-state index contributed by atoms with van der Waals surface area (Å²) in [5.74, 6) is 2.62. The normalized spacial score (nSPS) is 30.9. The van der Waals surface area contributed by atoms with Crippen molar-refractivity contribution in [1.82, 2.24) is 15.1 Å². The quantitative estimate of drug-likeness (QED) is 0.860. The van der Waals surface area contributed by atoms with Crippen LogP contribution < -0.4 is 0 Å². The van der Waals surface area contributed by atoms with Crippen LogP contribution in [-0.2, 0) is 11.3 Å². The van der Waals surface area contributed by atoms with Crippen LogP contribution in [0.1, 0.15) is 53.5 Å². The number of nitrogens with zero attached hydrogens (tertiary/aromatic N) is 3. The molecule has 0 unspecified atom stereocenters. The Hall–Kier alpha value is -1.24. The van der Waals surface area contributed by atoms with Gasteiger partial charge in [-0.2, -0.15) is 0 Å². The van der Waals surface area contributed by atoms with Crippen molar-refractivity contribution in [2.75, 3.05) is 13.1 Å². The molecule has 0 radical (unpaired) electrons. The van der Waals surface area contributed by atoms with Gasteiger partial charge in [0.25, 0.3) is 0 Å². The number of hydrogen-bond donors (Lipinski definition) is 0. The molecule has 2 aliphatic heterocycles. The molecule has 5 rings (SSSR count). The number of fused-ring (bicyclic) bond motifs is 1. The lowest BCUT2D eigenvalue weighted by molar-refractivity contribution is 0.0223. The summed E-state index contributed by atoms with van der Waals surface area (Å²) in [5, 5.41) is 10.6. The third-order valence-corrected chi connectivity index (χ3v) is 6.31. The van der Waals surface area contributed by atoms with Gasteiger partial charge in [-0.1, -0.05) is 0 Å². The van der Waals surface area contributed by atoms with Crippen LogP contribution in [0, 0.1) is 12.8 Å². The van der Waals surface area contributed by atoms with Crippen LogP contribution in [-0.4, -0.2) is 34.3 Å². The van der Waals surface area contributed by atoms with E-state index in [-0.39, 0.29) is 6.10 Å². The van der Waals surface area contributed by atoms with Gasteiger partial charge in [-0.15, -0.1) is 21.5 Å². The van der Waals surface area contributed by atoms with Gasteiger partial charge in [0.2, 0.25) is 11.8 Å². The van der Waals surface area contributed by atoms with E-state index in [9.17, 15) is 0 Å². The molecule has 3 aliphatic rings. The van der Waals surface area contributed by atoms with E-state index in [4.69, 9.17) is 9.15 Å². The summed E-state index contributed by atoms with van der Waals surface area (Å²) < 4.78 is 12.1. The Morgan fingerprint density at radius 1 is 1.26 bits per heavy atom. The summed E-state index contributed by atoms with van der Waals surface area (Å²) in [6.45, 7) is 5.38. The zero-order chi connectivity index (χ0) is 15.4. The number of hydrogen-bond acceptors (Lipinski definition) is 6. The fraction of sp³-hybridized carbons (Fsp3) is 0.647. The molecule has 0 bridgehead atoms. The molecule has 5 nitrogen and oxygen atoms in total. The molecular weight excluding hydrogens is 310 g/mol.